The molecule has 6 heteroatoms. The number of aryl methyl sites for hydroxylation is 1. The van der Waals surface area contributed by atoms with Crippen LogP contribution in [0.1, 0.15) is 19.5 Å². The first-order valence-electron chi connectivity index (χ1n) is 4.70. The van der Waals surface area contributed by atoms with Gasteiger partial charge in [-0.25, -0.2) is 15.8 Å². The van der Waals surface area contributed by atoms with Crippen molar-refractivity contribution in [3.63, 3.8) is 0 Å². The Hall–Kier alpha value is -0.850. The van der Waals surface area contributed by atoms with Crippen LogP contribution in [0.25, 0.3) is 0 Å². The molecule has 0 aliphatic carbocycles. The van der Waals surface area contributed by atoms with Crippen molar-refractivity contribution in [2.45, 2.75) is 37.2 Å². The number of aliphatic hydroxyl groups excluding tert-OH is 1. The van der Waals surface area contributed by atoms with E-state index in [2.05, 4.69) is 15.4 Å². The van der Waals surface area contributed by atoms with E-state index >= 15 is 0 Å². The van der Waals surface area contributed by atoms with Gasteiger partial charge in [0.25, 0.3) is 0 Å². The fourth-order valence-corrected chi connectivity index (χ4v) is 1.91. The summed E-state index contributed by atoms with van der Waals surface area (Å²) in [5.74, 6) is 5.64. The number of thioether (sulfide) groups is 1. The number of nitrogens with two attached hydrogens (primary N) is 1. The van der Waals surface area contributed by atoms with Crippen LogP contribution in [0.2, 0.25) is 0 Å². The topological polar surface area (TPSA) is 84.1 Å². The minimum atomic E-state index is -0.375. The quantitative estimate of drug-likeness (QED) is 0.308. The second-order valence-corrected chi connectivity index (χ2v) is 4.78. The van der Waals surface area contributed by atoms with Crippen molar-refractivity contribution in [2.24, 2.45) is 5.84 Å². The third-order valence-electron chi connectivity index (χ3n) is 1.95. The zero-order chi connectivity index (χ0) is 11.4. The van der Waals surface area contributed by atoms with Crippen molar-refractivity contribution in [1.82, 2.24) is 9.97 Å². The number of hydrogen-bond donors (Lipinski definition) is 3. The molecular formula is C9H16N4OS. The van der Waals surface area contributed by atoms with Gasteiger partial charge in [0, 0.05) is 10.9 Å². The van der Waals surface area contributed by atoms with Gasteiger partial charge in [-0.2, -0.15) is 0 Å². The first-order valence-corrected chi connectivity index (χ1v) is 5.58. The molecule has 2 atom stereocenters. The molecule has 15 heavy (non-hydrogen) atoms. The fraction of sp³-hybridized carbons (Fsp3) is 0.556. The van der Waals surface area contributed by atoms with Gasteiger partial charge in [0.2, 0.25) is 5.95 Å². The summed E-state index contributed by atoms with van der Waals surface area (Å²) in [6, 6.07) is 1.87. The van der Waals surface area contributed by atoms with Crippen LogP contribution in [0.3, 0.4) is 0 Å². The molecule has 0 fully saturated rings. The highest BCUT2D eigenvalue weighted by molar-refractivity contribution is 7.99. The number of anilines is 1. The minimum Gasteiger partial charge on any atom is -0.392 e. The Morgan fingerprint density at radius 1 is 1.47 bits per heavy atom. The lowest BCUT2D eigenvalue weighted by molar-refractivity contribution is 0.196. The molecule has 0 bridgehead atoms. The van der Waals surface area contributed by atoms with Crippen molar-refractivity contribution in [2.75, 3.05) is 5.43 Å². The summed E-state index contributed by atoms with van der Waals surface area (Å²) in [6.45, 7) is 5.58. The first kappa shape index (κ1) is 12.2. The SMILES string of the molecule is Cc1cc(SC(C)C(C)O)nc(NN)n1. The van der Waals surface area contributed by atoms with E-state index in [9.17, 15) is 5.11 Å². The first-order chi connectivity index (χ1) is 7.02. The zero-order valence-electron chi connectivity index (χ0n) is 9.06. The molecular weight excluding hydrogens is 212 g/mol. The molecule has 2 unspecified atom stereocenters. The number of aromatic nitrogens is 2. The van der Waals surface area contributed by atoms with E-state index in [0.29, 0.717) is 5.95 Å². The second kappa shape index (κ2) is 5.29. The number of hydrogen-bond acceptors (Lipinski definition) is 6. The van der Waals surface area contributed by atoms with Crippen LogP contribution in [-0.2, 0) is 0 Å². The smallest absolute Gasteiger partial charge is 0.238 e. The predicted octanol–water partition coefficient (Wildman–Crippen LogP) is 0.932. The lowest BCUT2D eigenvalue weighted by Crippen LogP contribution is -2.16. The molecule has 84 valence electrons. The van der Waals surface area contributed by atoms with Crippen LogP contribution in [0.5, 0.6) is 0 Å². The van der Waals surface area contributed by atoms with E-state index in [0.717, 1.165) is 10.7 Å². The largest absolute Gasteiger partial charge is 0.392 e. The number of aliphatic hydroxyl groups is 1. The molecule has 0 aliphatic rings. The lowest BCUT2D eigenvalue weighted by atomic mass is 10.3. The fourth-order valence-electron chi connectivity index (χ4n) is 0.954. The summed E-state index contributed by atoms with van der Waals surface area (Å²) >= 11 is 1.50. The van der Waals surface area contributed by atoms with E-state index in [1.54, 1.807) is 6.92 Å². The summed E-state index contributed by atoms with van der Waals surface area (Å²) in [4.78, 5) is 8.26. The van der Waals surface area contributed by atoms with Gasteiger partial charge in [-0.3, -0.25) is 5.43 Å². The van der Waals surface area contributed by atoms with Crippen molar-refractivity contribution in [1.29, 1.82) is 0 Å². The number of hydrazine groups is 1. The molecule has 4 N–H and O–H groups in total. The average Bonchev–Trinajstić information content (AvgIpc) is 2.16. The van der Waals surface area contributed by atoms with Crippen molar-refractivity contribution in [3.05, 3.63) is 11.8 Å². The standard InChI is InChI=1S/C9H16N4OS/c1-5-4-8(12-9(11-5)13-10)15-7(3)6(2)14/h4,6-7,14H,10H2,1-3H3,(H,11,12,13). The molecule has 0 aliphatic heterocycles. The number of nitrogens with one attached hydrogen (secondary N) is 1. The van der Waals surface area contributed by atoms with E-state index in [1.807, 2.05) is 19.9 Å². The Labute approximate surface area is 93.5 Å². The molecule has 1 heterocycles. The molecule has 0 amide bonds. The Balaban J connectivity index is 2.80. The predicted molar refractivity (Wildman–Crippen MR) is 61.6 cm³/mol. The maximum Gasteiger partial charge on any atom is 0.238 e. The Bertz CT molecular complexity index is 332. The normalized spacial score (nSPS) is 14.7. The molecule has 1 aromatic heterocycles. The van der Waals surface area contributed by atoms with E-state index in [4.69, 9.17) is 5.84 Å². The van der Waals surface area contributed by atoms with Gasteiger partial charge in [-0.1, -0.05) is 6.92 Å². The Morgan fingerprint density at radius 2 is 2.13 bits per heavy atom. The van der Waals surface area contributed by atoms with Crippen LogP contribution in [0, 0.1) is 6.92 Å². The number of rotatable bonds is 4. The van der Waals surface area contributed by atoms with Crippen LogP contribution in [0.4, 0.5) is 5.95 Å². The number of nitrogens with zero attached hydrogens (tertiary/aromatic N) is 2. The summed E-state index contributed by atoms with van der Waals surface area (Å²) < 4.78 is 0. The maximum atomic E-state index is 9.37. The third kappa shape index (κ3) is 3.65. The summed E-state index contributed by atoms with van der Waals surface area (Å²) in [7, 11) is 0. The molecule has 1 aromatic rings. The monoisotopic (exact) mass is 228 g/mol. The van der Waals surface area contributed by atoms with Gasteiger partial charge < -0.3 is 5.11 Å². The third-order valence-corrected chi connectivity index (χ3v) is 3.16. The molecule has 0 aromatic carbocycles. The molecule has 0 radical (unpaired) electrons. The summed E-state index contributed by atoms with van der Waals surface area (Å²) in [6.07, 6.45) is -0.375. The second-order valence-electron chi connectivity index (χ2n) is 3.38. The molecule has 1 rings (SSSR count). The molecule has 0 saturated heterocycles. The zero-order valence-corrected chi connectivity index (χ0v) is 9.88. The van der Waals surface area contributed by atoms with Crippen molar-refractivity contribution in [3.8, 4) is 0 Å². The average molecular weight is 228 g/mol. The molecule has 0 spiro atoms. The highest BCUT2D eigenvalue weighted by atomic mass is 32.2. The lowest BCUT2D eigenvalue weighted by Gasteiger charge is -2.13. The van der Waals surface area contributed by atoms with E-state index in [1.165, 1.54) is 11.8 Å². The van der Waals surface area contributed by atoms with Gasteiger partial charge in [-0.15, -0.1) is 11.8 Å². The Kier molecular flexibility index (Phi) is 4.31. The van der Waals surface area contributed by atoms with Crippen LogP contribution in [0.15, 0.2) is 11.1 Å². The maximum absolute atomic E-state index is 9.37. The highest BCUT2D eigenvalue weighted by Crippen LogP contribution is 2.24. The van der Waals surface area contributed by atoms with Crippen molar-refractivity contribution >= 4 is 17.7 Å². The van der Waals surface area contributed by atoms with Gasteiger partial charge in [0.05, 0.1) is 6.10 Å². The van der Waals surface area contributed by atoms with E-state index < -0.39 is 0 Å². The van der Waals surface area contributed by atoms with Gasteiger partial charge in [-0.05, 0) is 19.9 Å². The van der Waals surface area contributed by atoms with Gasteiger partial charge >= 0.3 is 0 Å². The Morgan fingerprint density at radius 3 is 2.67 bits per heavy atom. The van der Waals surface area contributed by atoms with E-state index in [-0.39, 0.29) is 11.4 Å². The minimum absolute atomic E-state index is 0.0879. The van der Waals surface area contributed by atoms with Gasteiger partial charge in [0.15, 0.2) is 0 Å². The highest BCUT2D eigenvalue weighted by Gasteiger charge is 2.12. The summed E-state index contributed by atoms with van der Waals surface area (Å²) in [5, 5.41) is 10.3. The summed E-state index contributed by atoms with van der Waals surface area (Å²) in [5.41, 5.74) is 3.26. The van der Waals surface area contributed by atoms with Crippen molar-refractivity contribution < 1.29 is 5.11 Å². The number of nitrogen functional groups attached to an aromatic ring is 1. The van der Waals surface area contributed by atoms with Crippen LogP contribution in [-0.4, -0.2) is 26.4 Å². The molecule has 5 nitrogen and oxygen atoms in total. The molecule has 0 saturated carbocycles. The van der Waals surface area contributed by atoms with Crippen LogP contribution >= 0.6 is 11.8 Å². The van der Waals surface area contributed by atoms with Crippen LogP contribution < -0.4 is 11.3 Å². The van der Waals surface area contributed by atoms with Gasteiger partial charge in [0.1, 0.15) is 5.03 Å².